The molecule has 23 heavy (non-hydrogen) atoms. The largest absolute Gasteiger partial charge is 0.497 e. The van der Waals surface area contributed by atoms with Gasteiger partial charge >= 0.3 is 0 Å². The van der Waals surface area contributed by atoms with Gasteiger partial charge in [0.15, 0.2) is 0 Å². The lowest BCUT2D eigenvalue weighted by Gasteiger charge is -2.12. The molecule has 1 heterocycles. The molecule has 3 rings (SSSR count). The van der Waals surface area contributed by atoms with Crippen LogP contribution in [0.15, 0.2) is 53.4 Å². The molecule has 2 aromatic rings. The van der Waals surface area contributed by atoms with Crippen LogP contribution in [0.3, 0.4) is 0 Å². The van der Waals surface area contributed by atoms with E-state index in [1.54, 1.807) is 19.3 Å². The quantitative estimate of drug-likeness (QED) is 0.792. The Kier molecular flexibility index (Phi) is 4.21. The van der Waals surface area contributed by atoms with E-state index in [9.17, 15) is 9.59 Å². The van der Waals surface area contributed by atoms with Crippen molar-refractivity contribution >= 4 is 34.7 Å². The van der Waals surface area contributed by atoms with Crippen LogP contribution in [0.25, 0.3) is 6.08 Å². The maximum absolute atomic E-state index is 12.5. The van der Waals surface area contributed by atoms with E-state index in [0.29, 0.717) is 10.6 Å². The first-order valence-electron chi connectivity index (χ1n) is 7.07. The second-order valence-corrected chi connectivity index (χ2v) is 6.12. The highest BCUT2D eigenvalue weighted by molar-refractivity contribution is 8.19. The lowest BCUT2D eigenvalue weighted by Crippen LogP contribution is -2.27. The maximum atomic E-state index is 12.5. The predicted octanol–water partition coefficient (Wildman–Crippen LogP) is 4.24. The van der Waals surface area contributed by atoms with Gasteiger partial charge in [-0.05, 0) is 60.2 Å². The summed E-state index contributed by atoms with van der Waals surface area (Å²) in [5.74, 6) is 0.455. The summed E-state index contributed by atoms with van der Waals surface area (Å²) in [5, 5.41) is -0.277. The Hall–Kier alpha value is -2.53. The number of amides is 2. The van der Waals surface area contributed by atoms with Gasteiger partial charge in [-0.25, -0.2) is 4.90 Å². The maximum Gasteiger partial charge on any atom is 0.298 e. The summed E-state index contributed by atoms with van der Waals surface area (Å²) in [5.41, 5.74) is 2.45. The summed E-state index contributed by atoms with van der Waals surface area (Å²) in [7, 11) is 1.60. The zero-order chi connectivity index (χ0) is 16.4. The fraction of sp³-hybridized carbons (Fsp3) is 0.111. The number of carbonyl (C=O) groups is 2. The van der Waals surface area contributed by atoms with Crippen molar-refractivity contribution in [2.75, 3.05) is 12.0 Å². The molecule has 0 spiro atoms. The summed E-state index contributed by atoms with van der Waals surface area (Å²) in [6.45, 7) is 1.93. The van der Waals surface area contributed by atoms with Gasteiger partial charge in [0.25, 0.3) is 11.1 Å². The van der Waals surface area contributed by atoms with E-state index >= 15 is 0 Å². The van der Waals surface area contributed by atoms with Crippen LogP contribution in [0.2, 0.25) is 0 Å². The Balaban J connectivity index is 1.89. The number of ether oxygens (including phenoxy) is 1. The molecule has 1 saturated heterocycles. The van der Waals surface area contributed by atoms with Crippen LogP contribution in [0.1, 0.15) is 11.1 Å². The minimum atomic E-state index is -0.290. The summed E-state index contributed by atoms with van der Waals surface area (Å²) >= 11 is 0.955. The number of hydrogen-bond acceptors (Lipinski definition) is 4. The molecule has 4 nitrogen and oxygen atoms in total. The second-order valence-electron chi connectivity index (χ2n) is 5.13. The number of methoxy groups -OCH3 is 1. The molecule has 5 heteroatoms. The molecule has 0 aliphatic carbocycles. The lowest BCUT2D eigenvalue weighted by molar-refractivity contribution is -0.113. The molecule has 2 amide bonds. The van der Waals surface area contributed by atoms with Crippen molar-refractivity contribution in [3.05, 3.63) is 64.6 Å². The Morgan fingerprint density at radius 1 is 1.09 bits per heavy atom. The van der Waals surface area contributed by atoms with E-state index < -0.39 is 0 Å². The average Bonchev–Trinajstić information content (AvgIpc) is 2.82. The summed E-state index contributed by atoms with van der Waals surface area (Å²) < 4.78 is 5.11. The number of benzene rings is 2. The van der Waals surface area contributed by atoms with Crippen LogP contribution in [0.5, 0.6) is 5.75 Å². The van der Waals surface area contributed by atoms with Gasteiger partial charge in [-0.1, -0.05) is 24.3 Å². The fourth-order valence-corrected chi connectivity index (χ4v) is 3.15. The monoisotopic (exact) mass is 325 g/mol. The second kappa shape index (κ2) is 6.30. The molecule has 1 fully saturated rings. The molecule has 0 saturated carbocycles. The van der Waals surface area contributed by atoms with Gasteiger partial charge in [0.05, 0.1) is 17.7 Å². The standard InChI is InChI=1S/C18H15NO3S/c1-12-4-3-5-14(10-12)19-17(20)16(23-18(19)21)11-13-6-8-15(22-2)9-7-13/h3-11H,1-2H3. The van der Waals surface area contributed by atoms with Crippen molar-refractivity contribution in [2.45, 2.75) is 6.92 Å². The van der Waals surface area contributed by atoms with Crippen LogP contribution in [0, 0.1) is 6.92 Å². The highest BCUT2D eigenvalue weighted by Gasteiger charge is 2.36. The third-order valence-electron chi connectivity index (χ3n) is 3.47. The number of aryl methyl sites for hydroxylation is 1. The van der Waals surface area contributed by atoms with Crippen LogP contribution in [0.4, 0.5) is 10.5 Å². The van der Waals surface area contributed by atoms with Crippen LogP contribution < -0.4 is 9.64 Å². The minimum Gasteiger partial charge on any atom is -0.497 e. The molecule has 116 valence electrons. The van der Waals surface area contributed by atoms with Crippen molar-refractivity contribution in [1.82, 2.24) is 0 Å². The number of imide groups is 1. The first kappa shape index (κ1) is 15.4. The van der Waals surface area contributed by atoms with E-state index in [1.807, 2.05) is 49.4 Å². The fourth-order valence-electron chi connectivity index (χ4n) is 2.31. The summed E-state index contributed by atoms with van der Waals surface area (Å²) in [4.78, 5) is 26.4. The number of carbonyl (C=O) groups excluding carboxylic acids is 2. The lowest BCUT2D eigenvalue weighted by atomic mass is 10.2. The van der Waals surface area contributed by atoms with Gasteiger partial charge in [0, 0.05) is 0 Å². The van der Waals surface area contributed by atoms with Crippen molar-refractivity contribution < 1.29 is 14.3 Å². The van der Waals surface area contributed by atoms with Gasteiger partial charge in [-0.3, -0.25) is 9.59 Å². The Bertz CT molecular complexity index is 796. The molecule has 0 radical (unpaired) electrons. The SMILES string of the molecule is COc1ccc(C=C2SC(=O)N(c3cccc(C)c3)C2=O)cc1. The molecular weight excluding hydrogens is 310 g/mol. The summed E-state index contributed by atoms with van der Waals surface area (Å²) in [6, 6.07) is 14.7. The molecule has 0 bridgehead atoms. The van der Waals surface area contributed by atoms with Crippen LogP contribution in [-0.2, 0) is 4.79 Å². The third kappa shape index (κ3) is 3.14. The van der Waals surface area contributed by atoms with E-state index in [-0.39, 0.29) is 11.1 Å². The molecule has 2 aromatic carbocycles. The van der Waals surface area contributed by atoms with Crippen LogP contribution >= 0.6 is 11.8 Å². The van der Waals surface area contributed by atoms with Gasteiger partial charge in [-0.2, -0.15) is 0 Å². The van der Waals surface area contributed by atoms with E-state index in [0.717, 1.165) is 28.6 Å². The molecule has 0 aromatic heterocycles. The van der Waals surface area contributed by atoms with E-state index in [4.69, 9.17) is 4.74 Å². The molecular formula is C18H15NO3S. The number of rotatable bonds is 3. The van der Waals surface area contributed by atoms with Gasteiger partial charge in [0.1, 0.15) is 5.75 Å². The highest BCUT2D eigenvalue weighted by Crippen LogP contribution is 2.36. The van der Waals surface area contributed by atoms with Crippen LogP contribution in [-0.4, -0.2) is 18.3 Å². The number of anilines is 1. The normalized spacial score (nSPS) is 16.3. The van der Waals surface area contributed by atoms with Crippen molar-refractivity contribution in [3.8, 4) is 5.75 Å². The zero-order valence-electron chi connectivity index (χ0n) is 12.8. The Morgan fingerprint density at radius 3 is 2.48 bits per heavy atom. The molecule has 0 atom stereocenters. The average molecular weight is 325 g/mol. The highest BCUT2D eigenvalue weighted by atomic mass is 32.2. The minimum absolute atomic E-state index is 0.277. The first-order chi connectivity index (χ1) is 11.1. The number of hydrogen-bond donors (Lipinski definition) is 0. The molecule has 0 N–H and O–H groups in total. The predicted molar refractivity (Wildman–Crippen MR) is 92.6 cm³/mol. The Morgan fingerprint density at radius 2 is 1.83 bits per heavy atom. The number of thioether (sulfide) groups is 1. The molecule has 0 unspecified atom stereocenters. The number of nitrogens with zero attached hydrogens (tertiary/aromatic N) is 1. The third-order valence-corrected chi connectivity index (χ3v) is 4.34. The van der Waals surface area contributed by atoms with Gasteiger partial charge in [-0.15, -0.1) is 0 Å². The van der Waals surface area contributed by atoms with Crippen molar-refractivity contribution in [2.24, 2.45) is 0 Å². The van der Waals surface area contributed by atoms with Gasteiger partial charge < -0.3 is 4.74 Å². The molecule has 1 aliphatic heterocycles. The molecule has 1 aliphatic rings. The Labute approximate surface area is 138 Å². The summed E-state index contributed by atoms with van der Waals surface area (Å²) in [6.07, 6.45) is 1.72. The van der Waals surface area contributed by atoms with E-state index in [2.05, 4.69) is 0 Å². The van der Waals surface area contributed by atoms with Crippen molar-refractivity contribution in [3.63, 3.8) is 0 Å². The first-order valence-corrected chi connectivity index (χ1v) is 7.89. The van der Waals surface area contributed by atoms with Gasteiger partial charge in [0.2, 0.25) is 0 Å². The topological polar surface area (TPSA) is 46.6 Å². The van der Waals surface area contributed by atoms with Crippen molar-refractivity contribution in [1.29, 1.82) is 0 Å². The smallest absolute Gasteiger partial charge is 0.298 e. The van der Waals surface area contributed by atoms with E-state index in [1.165, 1.54) is 4.90 Å². The zero-order valence-corrected chi connectivity index (χ0v) is 13.6.